The fraction of sp³-hybridized carbons (Fsp3) is 0.684. The van der Waals surface area contributed by atoms with Gasteiger partial charge in [-0.15, -0.1) is 10.2 Å². The Morgan fingerprint density at radius 2 is 2.04 bits per heavy atom. The predicted octanol–water partition coefficient (Wildman–Crippen LogP) is 3.06. The van der Waals surface area contributed by atoms with E-state index in [0.29, 0.717) is 30.4 Å². The Hall–Kier alpha value is -2.22. The summed E-state index contributed by atoms with van der Waals surface area (Å²) in [6.07, 6.45) is 0.557. The average Bonchev–Trinajstić information content (AvgIpc) is 3.30. The van der Waals surface area contributed by atoms with Crippen LogP contribution in [-0.2, 0) is 10.3 Å². The summed E-state index contributed by atoms with van der Waals surface area (Å²) in [5.41, 5.74) is 1.27. The van der Waals surface area contributed by atoms with Gasteiger partial charge < -0.3 is 14.1 Å². The lowest BCUT2D eigenvalue weighted by Crippen LogP contribution is -2.33. The van der Waals surface area contributed by atoms with Crippen molar-refractivity contribution in [3.05, 3.63) is 29.2 Å². The summed E-state index contributed by atoms with van der Waals surface area (Å²) >= 11 is 0. The number of carbonyl (C=O) groups excluding carboxylic acids is 1. The number of methoxy groups -OCH3 is 1. The van der Waals surface area contributed by atoms with Crippen LogP contribution in [0.15, 0.2) is 10.5 Å². The number of hydrogen-bond acceptors (Lipinski definition) is 6. The van der Waals surface area contributed by atoms with Crippen LogP contribution in [-0.4, -0.2) is 50.5 Å². The second kappa shape index (κ2) is 7.07. The Labute approximate surface area is 159 Å². The summed E-state index contributed by atoms with van der Waals surface area (Å²) < 4.78 is 13.0. The van der Waals surface area contributed by atoms with E-state index in [1.54, 1.807) is 18.9 Å². The van der Waals surface area contributed by atoms with Crippen LogP contribution in [0.2, 0.25) is 0 Å². The van der Waals surface area contributed by atoms with Gasteiger partial charge in [0.2, 0.25) is 11.8 Å². The number of rotatable bonds is 4. The molecule has 2 aromatic heterocycles. The zero-order chi connectivity index (χ0) is 19.9. The maximum atomic E-state index is 13.3. The summed E-state index contributed by atoms with van der Waals surface area (Å²) in [5, 5.41) is 12.7. The normalized spacial score (nSPS) is 20.7. The first-order valence-corrected chi connectivity index (χ1v) is 9.36. The molecule has 0 radical (unpaired) electrons. The van der Waals surface area contributed by atoms with Crippen molar-refractivity contribution >= 4 is 5.91 Å². The molecule has 0 aliphatic carbocycles. The first kappa shape index (κ1) is 19.5. The van der Waals surface area contributed by atoms with E-state index < -0.39 is 0 Å². The van der Waals surface area contributed by atoms with Crippen molar-refractivity contribution in [3.8, 4) is 0 Å². The highest BCUT2D eigenvalue weighted by molar-refractivity contribution is 5.93. The van der Waals surface area contributed by atoms with Crippen LogP contribution in [0.25, 0.3) is 0 Å². The second-order valence-corrected chi connectivity index (χ2v) is 8.42. The molecule has 8 heteroatoms. The summed E-state index contributed by atoms with van der Waals surface area (Å²) in [6.45, 7) is 12.7. The molecule has 1 amide bonds. The van der Waals surface area contributed by atoms with Crippen LogP contribution in [0.5, 0.6) is 0 Å². The number of aromatic nitrogens is 4. The number of ether oxygens (including phenoxy) is 1. The monoisotopic (exact) mass is 375 g/mol. The van der Waals surface area contributed by atoms with Gasteiger partial charge >= 0.3 is 0 Å². The number of nitrogens with zero attached hydrogens (tertiary/aromatic N) is 5. The zero-order valence-electron chi connectivity index (χ0n) is 17.2. The van der Waals surface area contributed by atoms with Gasteiger partial charge in [-0.05, 0) is 32.8 Å². The average molecular weight is 375 g/mol. The molecule has 148 valence electrons. The SMILES string of the molecule is CO[C@@H]1C[C@H](c2nnc(C)o2)N(C(=O)c2cc(C(C)C)n(C(C)(C)C)n2)C1. The van der Waals surface area contributed by atoms with Crippen LogP contribution in [0.4, 0.5) is 0 Å². The van der Waals surface area contributed by atoms with E-state index in [1.165, 1.54) is 0 Å². The standard InChI is InChI=1S/C19H29N5O3/c1-11(2)15-9-14(22-24(15)19(4,5)6)18(25)23-10-13(26-7)8-16(23)17-21-20-12(3)27-17/h9,11,13,16H,8,10H2,1-7H3/t13-,16-/m1/s1. The van der Waals surface area contributed by atoms with E-state index in [9.17, 15) is 4.79 Å². The van der Waals surface area contributed by atoms with Gasteiger partial charge in [-0.25, -0.2) is 0 Å². The molecule has 0 aromatic carbocycles. The minimum atomic E-state index is -0.300. The summed E-state index contributed by atoms with van der Waals surface area (Å²) in [5.74, 6) is 1.05. The van der Waals surface area contributed by atoms with E-state index in [-0.39, 0.29) is 29.5 Å². The van der Waals surface area contributed by atoms with Crippen LogP contribution < -0.4 is 0 Å². The molecule has 27 heavy (non-hydrogen) atoms. The first-order chi connectivity index (χ1) is 12.6. The maximum absolute atomic E-state index is 13.3. The largest absolute Gasteiger partial charge is 0.423 e. The molecule has 0 N–H and O–H groups in total. The molecule has 1 saturated heterocycles. The molecule has 0 bridgehead atoms. The lowest BCUT2D eigenvalue weighted by Gasteiger charge is -2.24. The Bertz CT molecular complexity index is 818. The third-order valence-corrected chi connectivity index (χ3v) is 4.87. The van der Waals surface area contributed by atoms with Crippen molar-refractivity contribution in [2.75, 3.05) is 13.7 Å². The van der Waals surface area contributed by atoms with Gasteiger partial charge in [-0.2, -0.15) is 5.10 Å². The Kier molecular flexibility index (Phi) is 5.12. The molecule has 0 saturated carbocycles. The van der Waals surface area contributed by atoms with Crippen molar-refractivity contribution in [2.24, 2.45) is 0 Å². The van der Waals surface area contributed by atoms with E-state index in [4.69, 9.17) is 9.15 Å². The van der Waals surface area contributed by atoms with Gasteiger partial charge in [-0.3, -0.25) is 9.48 Å². The van der Waals surface area contributed by atoms with Gasteiger partial charge in [-0.1, -0.05) is 13.8 Å². The van der Waals surface area contributed by atoms with Crippen LogP contribution in [0, 0.1) is 6.92 Å². The van der Waals surface area contributed by atoms with Crippen molar-refractivity contribution in [1.29, 1.82) is 0 Å². The third-order valence-electron chi connectivity index (χ3n) is 4.87. The summed E-state index contributed by atoms with van der Waals surface area (Å²) in [6, 6.07) is 1.60. The molecular weight excluding hydrogens is 346 g/mol. The first-order valence-electron chi connectivity index (χ1n) is 9.36. The van der Waals surface area contributed by atoms with Crippen molar-refractivity contribution < 1.29 is 13.9 Å². The summed E-state index contributed by atoms with van der Waals surface area (Å²) in [4.78, 5) is 15.1. The molecular formula is C19H29N5O3. The van der Waals surface area contributed by atoms with Gasteiger partial charge in [0.1, 0.15) is 6.04 Å². The van der Waals surface area contributed by atoms with Crippen molar-refractivity contribution in [1.82, 2.24) is 24.9 Å². The van der Waals surface area contributed by atoms with Gasteiger partial charge in [0, 0.05) is 32.7 Å². The van der Waals surface area contributed by atoms with Gasteiger partial charge in [0.25, 0.3) is 5.91 Å². The molecule has 1 fully saturated rings. The molecule has 8 nitrogen and oxygen atoms in total. The lowest BCUT2D eigenvalue weighted by molar-refractivity contribution is 0.0666. The summed E-state index contributed by atoms with van der Waals surface area (Å²) in [7, 11) is 1.65. The minimum absolute atomic E-state index is 0.0690. The third kappa shape index (κ3) is 3.76. The molecule has 0 unspecified atom stereocenters. The number of amides is 1. The minimum Gasteiger partial charge on any atom is -0.423 e. The quantitative estimate of drug-likeness (QED) is 0.816. The highest BCUT2D eigenvalue weighted by Gasteiger charge is 2.41. The number of carbonyl (C=O) groups is 1. The second-order valence-electron chi connectivity index (χ2n) is 8.42. The maximum Gasteiger partial charge on any atom is 0.275 e. The van der Waals surface area contributed by atoms with Gasteiger partial charge in [0.05, 0.1) is 11.6 Å². The highest BCUT2D eigenvalue weighted by Crippen LogP contribution is 2.34. The topological polar surface area (TPSA) is 86.3 Å². The van der Waals surface area contributed by atoms with E-state index in [2.05, 4.69) is 49.9 Å². The lowest BCUT2D eigenvalue weighted by atomic mass is 10.1. The Morgan fingerprint density at radius 1 is 1.33 bits per heavy atom. The van der Waals surface area contributed by atoms with E-state index in [0.717, 1.165) is 5.69 Å². The predicted molar refractivity (Wildman–Crippen MR) is 99.5 cm³/mol. The van der Waals surface area contributed by atoms with Crippen molar-refractivity contribution in [2.45, 2.75) is 71.6 Å². The molecule has 3 rings (SSSR count). The molecule has 3 heterocycles. The van der Waals surface area contributed by atoms with Crippen LogP contribution in [0.1, 0.15) is 81.0 Å². The number of aryl methyl sites for hydroxylation is 1. The molecule has 0 spiro atoms. The smallest absolute Gasteiger partial charge is 0.275 e. The fourth-order valence-corrected chi connectivity index (χ4v) is 3.47. The molecule has 1 aliphatic heterocycles. The fourth-order valence-electron chi connectivity index (χ4n) is 3.47. The van der Waals surface area contributed by atoms with Gasteiger partial charge in [0.15, 0.2) is 5.69 Å². The van der Waals surface area contributed by atoms with Crippen molar-refractivity contribution in [3.63, 3.8) is 0 Å². The molecule has 2 aromatic rings. The Morgan fingerprint density at radius 3 is 2.52 bits per heavy atom. The number of hydrogen-bond donors (Lipinski definition) is 0. The molecule has 1 aliphatic rings. The van der Waals surface area contributed by atoms with Crippen LogP contribution >= 0.6 is 0 Å². The Balaban J connectivity index is 1.96. The highest BCUT2D eigenvalue weighted by atomic mass is 16.5. The van der Waals surface area contributed by atoms with Crippen LogP contribution in [0.3, 0.4) is 0 Å². The molecule has 2 atom stereocenters. The van der Waals surface area contributed by atoms with E-state index >= 15 is 0 Å². The zero-order valence-corrected chi connectivity index (χ0v) is 17.2. The van der Waals surface area contributed by atoms with E-state index in [1.807, 2.05) is 10.7 Å². The number of likely N-dealkylation sites (tertiary alicyclic amines) is 1.